The highest BCUT2D eigenvalue weighted by Crippen LogP contribution is 2.46. The van der Waals surface area contributed by atoms with E-state index in [2.05, 4.69) is 5.32 Å². The molecule has 0 aliphatic carbocycles. The van der Waals surface area contributed by atoms with Crippen LogP contribution in [-0.2, 0) is 26.0 Å². The molecule has 0 saturated carbocycles. The standard InChI is InChI=1S/C33H28Cl3N3O4S/c34-24-12-14-27(15-13-24)44(42,43)39-30(22-8-4-10-25(35)19-22)17-16-28(31(39)23-9-5-11-26(36)20-23)33(41)38-29(32(37)40)18-21-6-2-1-3-7-21/h1-16,19-20,29-31H,17-18H2,(H2,37,40)(H,38,41)/t29-,30-,31?/m0/s1. The minimum absolute atomic E-state index is 0.0123. The van der Waals surface area contributed by atoms with Crippen LogP contribution < -0.4 is 11.1 Å². The fourth-order valence-corrected chi connectivity index (χ4v) is 7.64. The van der Waals surface area contributed by atoms with Crippen molar-refractivity contribution in [2.24, 2.45) is 5.73 Å². The number of primary amides is 1. The summed E-state index contributed by atoms with van der Waals surface area (Å²) in [5, 5.41) is 3.92. The van der Waals surface area contributed by atoms with Gasteiger partial charge >= 0.3 is 0 Å². The Labute approximate surface area is 271 Å². The largest absolute Gasteiger partial charge is 0.368 e. The number of amides is 2. The van der Waals surface area contributed by atoms with Crippen molar-refractivity contribution in [1.82, 2.24) is 9.62 Å². The van der Waals surface area contributed by atoms with Gasteiger partial charge in [-0.1, -0.05) is 95.5 Å². The number of rotatable bonds is 9. The van der Waals surface area contributed by atoms with E-state index in [4.69, 9.17) is 40.5 Å². The third-order valence-corrected chi connectivity index (χ3v) is 10.0. The van der Waals surface area contributed by atoms with Crippen LogP contribution in [0.15, 0.2) is 120 Å². The maximum Gasteiger partial charge on any atom is 0.249 e. The lowest BCUT2D eigenvalue weighted by molar-refractivity contribution is -0.125. The zero-order valence-electron chi connectivity index (χ0n) is 23.2. The summed E-state index contributed by atoms with van der Waals surface area (Å²) in [5.74, 6) is -1.35. The number of carbonyl (C=O) groups excluding carboxylic acids is 2. The summed E-state index contributed by atoms with van der Waals surface area (Å²) < 4.78 is 30.4. The molecule has 0 radical (unpaired) electrons. The van der Waals surface area contributed by atoms with Gasteiger partial charge in [-0.15, -0.1) is 0 Å². The Hall–Kier alpha value is -3.66. The second-order valence-corrected chi connectivity index (χ2v) is 13.5. The third-order valence-electron chi connectivity index (χ3n) is 7.40. The van der Waals surface area contributed by atoms with E-state index in [0.717, 1.165) is 5.56 Å². The lowest BCUT2D eigenvalue weighted by Gasteiger charge is -2.41. The average molecular weight is 669 g/mol. The van der Waals surface area contributed by atoms with Gasteiger partial charge in [-0.2, -0.15) is 4.31 Å². The van der Waals surface area contributed by atoms with E-state index in [-0.39, 0.29) is 23.3 Å². The van der Waals surface area contributed by atoms with Crippen LogP contribution in [0.5, 0.6) is 0 Å². The van der Waals surface area contributed by atoms with Gasteiger partial charge in [0.25, 0.3) is 0 Å². The first-order valence-electron chi connectivity index (χ1n) is 13.7. The molecule has 7 nitrogen and oxygen atoms in total. The van der Waals surface area contributed by atoms with Gasteiger partial charge in [0.05, 0.1) is 17.0 Å². The number of carbonyl (C=O) groups is 2. The van der Waals surface area contributed by atoms with Crippen LogP contribution in [0.2, 0.25) is 15.1 Å². The Morgan fingerprint density at radius 2 is 1.43 bits per heavy atom. The number of benzene rings is 4. The smallest absolute Gasteiger partial charge is 0.249 e. The van der Waals surface area contributed by atoms with E-state index in [1.54, 1.807) is 54.6 Å². The van der Waals surface area contributed by atoms with Crippen molar-refractivity contribution in [3.05, 3.63) is 147 Å². The van der Waals surface area contributed by atoms with Crippen molar-refractivity contribution >= 4 is 56.6 Å². The predicted molar refractivity (Wildman–Crippen MR) is 173 cm³/mol. The van der Waals surface area contributed by atoms with Crippen LogP contribution in [-0.4, -0.2) is 30.6 Å². The molecule has 1 aliphatic rings. The highest BCUT2D eigenvalue weighted by atomic mass is 35.5. The highest BCUT2D eigenvalue weighted by Gasteiger charge is 2.45. The van der Waals surface area contributed by atoms with Gasteiger partial charge in [-0.3, -0.25) is 9.59 Å². The normalized spacial score (nSPS) is 17.8. The van der Waals surface area contributed by atoms with Crippen LogP contribution in [0.4, 0.5) is 0 Å². The van der Waals surface area contributed by atoms with Crippen molar-refractivity contribution < 1.29 is 18.0 Å². The van der Waals surface area contributed by atoms with Crippen molar-refractivity contribution in [3.8, 4) is 0 Å². The first-order chi connectivity index (χ1) is 21.0. The monoisotopic (exact) mass is 667 g/mol. The molecule has 5 rings (SSSR count). The van der Waals surface area contributed by atoms with E-state index < -0.39 is 40.0 Å². The van der Waals surface area contributed by atoms with Crippen LogP contribution in [0, 0.1) is 0 Å². The van der Waals surface area contributed by atoms with Gasteiger partial charge in [-0.05, 0) is 71.6 Å². The fourth-order valence-electron chi connectivity index (χ4n) is 5.34. The predicted octanol–water partition coefficient (Wildman–Crippen LogP) is 6.66. The third kappa shape index (κ3) is 7.01. The maximum atomic E-state index is 14.6. The molecule has 3 atom stereocenters. The van der Waals surface area contributed by atoms with E-state index in [1.807, 2.05) is 30.3 Å². The molecule has 0 aromatic heterocycles. The van der Waals surface area contributed by atoms with Crippen LogP contribution in [0.1, 0.15) is 35.2 Å². The minimum Gasteiger partial charge on any atom is -0.368 e. The van der Waals surface area contributed by atoms with Gasteiger partial charge in [0.15, 0.2) is 0 Å². The number of hydrogen-bond donors (Lipinski definition) is 2. The molecule has 226 valence electrons. The summed E-state index contributed by atoms with van der Waals surface area (Å²) in [7, 11) is -4.28. The van der Waals surface area contributed by atoms with Gasteiger partial charge in [0, 0.05) is 27.1 Å². The Balaban J connectivity index is 1.65. The molecule has 4 aromatic carbocycles. The molecule has 0 spiro atoms. The Morgan fingerprint density at radius 1 is 0.818 bits per heavy atom. The number of hydrogen-bond acceptors (Lipinski definition) is 4. The number of sulfonamides is 1. The summed E-state index contributed by atoms with van der Waals surface area (Å²) >= 11 is 18.8. The van der Waals surface area contributed by atoms with E-state index in [1.165, 1.54) is 28.6 Å². The van der Waals surface area contributed by atoms with Crippen molar-refractivity contribution in [2.75, 3.05) is 0 Å². The number of halogens is 3. The molecule has 4 aromatic rings. The Kier molecular flexibility index (Phi) is 9.78. The second kappa shape index (κ2) is 13.5. The SMILES string of the molecule is NC(=O)[C@H](Cc1ccccc1)NC(=O)C1=CC[C@@H](c2cccc(Cl)c2)N(S(=O)(=O)c2ccc(Cl)cc2)C1c1cccc(Cl)c1. The molecule has 1 heterocycles. The number of nitrogens with one attached hydrogen (secondary N) is 1. The average Bonchev–Trinajstić information content (AvgIpc) is 3.00. The molecular formula is C33H28Cl3N3O4S. The first kappa shape index (κ1) is 31.8. The minimum atomic E-state index is -4.28. The van der Waals surface area contributed by atoms with Gasteiger partial charge in [-0.25, -0.2) is 8.42 Å². The van der Waals surface area contributed by atoms with E-state index in [9.17, 15) is 18.0 Å². The molecule has 3 N–H and O–H groups in total. The number of nitrogens with two attached hydrogens (primary N) is 1. The van der Waals surface area contributed by atoms with Crippen molar-refractivity contribution in [3.63, 3.8) is 0 Å². The topological polar surface area (TPSA) is 110 Å². The zero-order valence-corrected chi connectivity index (χ0v) is 26.3. The van der Waals surface area contributed by atoms with E-state index in [0.29, 0.717) is 26.2 Å². The lowest BCUT2D eigenvalue weighted by Crippen LogP contribution is -2.49. The summed E-state index contributed by atoms with van der Waals surface area (Å²) in [6, 6.07) is 25.7. The fraction of sp³-hybridized carbons (Fsp3) is 0.152. The summed E-state index contributed by atoms with van der Waals surface area (Å²) in [4.78, 5) is 26.5. The first-order valence-corrected chi connectivity index (χ1v) is 16.3. The maximum absolute atomic E-state index is 14.6. The number of nitrogens with zero attached hydrogens (tertiary/aromatic N) is 1. The summed E-state index contributed by atoms with van der Waals surface area (Å²) in [6.07, 6.45) is 2.00. The molecule has 0 bridgehead atoms. The van der Waals surface area contributed by atoms with Gasteiger partial charge in [0.2, 0.25) is 21.8 Å². The highest BCUT2D eigenvalue weighted by molar-refractivity contribution is 7.89. The molecule has 1 unspecified atom stereocenters. The molecule has 11 heteroatoms. The molecular weight excluding hydrogens is 641 g/mol. The Morgan fingerprint density at radius 3 is 2.05 bits per heavy atom. The zero-order chi connectivity index (χ0) is 31.4. The lowest BCUT2D eigenvalue weighted by atomic mass is 9.88. The summed E-state index contributed by atoms with van der Waals surface area (Å²) in [5.41, 5.74) is 7.73. The molecule has 0 fully saturated rings. The molecule has 2 amide bonds. The van der Waals surface area contributed by atoms with Crippen molar-refractivity contribution in [2.45, 2.75) is 35.9 Å². The Bertz CT molecular complexity index is 1820. The van der Waals surface area contributed by atoms with Gasteiger partial charge < -0.3 is 11.1 Å². The molecule has 0 saturated heterocycles. The molecule has 1 aliphatic heterocycles. The van der Waals surface area contributed by atoms with Crippen LogP contribution >= 0.6 is 34.8 Å². The summed E-state index contributed by atoms with van der Waals surface area (Å²) in [6.45, 7) is 0. The van der Waals surface area contributed by atoms with Crippen LogP contribution in [0.3, 0.4) is 0 Å². The van der Waals surface area contributed by atoms with Crippen LogP contribution in [0.25, 0.3) is 0 Å². The van der Waals surface area contributed by atoms with Gasteiger partial charge in [0.1, 0.15) is 6.04 Å². The van der Waals surface area contributed by atoms with Crippen molar-refractivity contribution in [1.29, 1.82) is 0 Å². The second-order valence-electron chi connectivity index (χ2n) is 10.3. The quantitative estimate of drug-likeness (QED) is 0.208. The molecule has 44 heavy (non-hydrogen) atoms. The van der Waals surface area contributed by atoms with E-state index >= 15 is 0 Å².